The molecule has 1 aromatic carbocycles. The van der Waals surface area contributed by atoms with Crippen LogP contribution in [0.3, 0.4) is 0 Å². The molecular weight excluding hydrogens is 338 g/mol. The highest BCUT2D eigenvalue weighted by atomic mass is 35.5. The van der Waals surface area contributed by atoms with Gasteiger partial charge in [0.1, 0.15) is 16.8 Å². The van der Waals surface area contributed by atoms with Crippen molar-refractivity contribution in [2.24, 2.45) is 5.73 Å². The molecule has 2 aromatic heterocycles. The number of halogens is 1. The van der Waals surface area contributed by atoms with Crippen LogP contribution >= 0.6 is 11.6 Å². The molecule has 7 heteroatoms. The molecule has 0 saturated carbocycles. The van der Waals surface area contributed by atoms with Gasteiger partial charge in [-0.15, -0.1) is 5.10 Å². The minimum absolute atomic E-state index is 0.0342. The van der Waals surface area contributed by atoms with Gasteiger partial charge in [0, 0.05) is 22.2 Å². The van der Waals surface area contributed by atoms with Gasteiger partial charge in [0.15, 0.2) is 0 Å². The first-order chi connectivity index (χ1) is 12.0. The van der Waals surface area contributed by atoms with E-state index in [4.69, 9.17) is 22.1 Å². The number of para-hydroxylation sites is 1. The van der Waals surface area contributed by atoms with Crippen molar-refractivity contribution < 1.29 is 4.74 Å². The molecule has 3 heterocycles. The number of H-pyrrole nitrogens is 1. The SMILES string of the molecule is Cc1[nH]nc2c1[C@H](c1cc3cccc(C)c3nc1Cl)C(C#N)=C(N)O2. The predicted molar refractivity (Wildman–Crippen MR) is 94.1 cm³/mol. The van der Waals surface area contributed by atoms with Crippen LogP contribution in [0.1, 0.15) is 28.3 Å². The summed E-state index contributed by atoms with van der Waals surface area (Å²) in [6.45, 7) is 3.85. The zero-order chi connectivity index (χ0) is 17.7. The van der Waals surface area contributed by atoms with E-state index in [1.807, 2.05) is 38.1 Å². The van der Waals surface area contributed by atoms with Gasteiger partial charge in [-0.2, -0.15) is 5.26 Å². The molecule has 0 amide bonds. The monoisotopic (exact) mass is 351 g/mol. The van der Waals surface area contributed by atoms with Crippen LogP contribution in [0.2, 0.25) is 5.15 Å². The van der Waals surface area contributed by atoms with Crippen LogP contribution in [-0.4, -0.2) is 15.2 Å². The molecule has 0 fully saturated rings. The zero-order valence-electron chi connectivity index (χ0n) is 13.6. The van der Waals surface area contributed by atoms with Crippen molar-refractivity contribution >= 4 is 22.5 Å². The Kier molecular flexibility index (Phi) is 3.41. The van der Waals surface area contributed by atoms with Crippen molar-refractivity contribution in [2.45, 2.75) is 19.8 Å². The summed E-state index contributed by atoms with van der Waals surface area (Å²) in [5.74, 6) is -0.0799. The number of benzene rings is 1. The van der Waals surface area contributed by atoms with Gasteiger partial charge in [-0.3, -0.25) is 5.10 Å². The van der Waals surface area contributed by atoms with Gasteiger partial charge in [-0.25, -0.2) is 4.98 Å². The quantitative estimate of drug-likeness (QED) is 0.654. The molecule has 4 rings (SSSR count). The summed E-state index contributed by atoms with van der Waals surface area (Å²) in [5, 5.41) is 17.9. The molecular formula is C18H14ClN5O. The fourth-order valence-electron chi connectivity index (χ4n) is 3.25. The lowest BCUT2D eigenvalue weighted by molar-refractivity contribution is 0.379. The van der Waals surface area contributed by atoms with E-state index in [0.717, 1.165) is 27.7 Å². The van der Waals surface area contributed by atoms with Crippen molar-refractivity contribution in [1.82, 2.24) is 15.2 Å². The van der Waals surface area contributed by atoms with E-state index in [-0.39, 0.29) is 5.88 Å². The summed E-state index contributed by atoms with van der Waals surface area (Å²) >= 11 is 6.51. The molecule has 25 heavy (non-hydrogen) atoms. The standard InChI is InChI=1S/C18H14ClN5O/c1-8-4-3-5-10-6-11(16(19)22-15(8)10)14-12(7-20)17(21)25-18-13(14)9(2)23-24-18/h3-6,14H,21H2,1-2H3,(H,23,24)/t14-/m1/s1. The van der Waals surface area contributed by atoms with Crippen LogP contribution in [0.25, 0.3) is 10.9 Å². The fraction of sp³-hybridized carbons (Fsp3) is 0.167. The van der Waals surface area contributed by atoms with E-state index in [0.29, 0.717) is 22.2 Å². The Hall–Kier alpha value is -3.04. The summed E-state index contributed by atoms with van der Waals surface area (Å²) in [6, 6.07) is 10.0. The highest BCUT2D eigenvalue weighted by molar-refractivity contribution is 6.30. The van der Waals surface area contributed by atoms with Gasteiger partial charge >= 0.3 is 0 Å². The van der Waals surface area contributed by atoms with E-state index >= 15 is 0 Å². The fourth-order valence-corrected chi connectivity index (χ4v) is 3.50. The van der Waals surface area contributed by atoms with Crippen LogP contribution in [0, 0.1) is 25.2 Å². The Morgan fingerprint density at radius 1 is 1.36 bits per heavy atom. The summed E-state index contributed by atoms with van der Waals surface area (Å²) in [5.41, 5.74) is 10.4. The maximum Gasteiger partial charge on any atom is 0.244 e. The maximum absolute atomic E-state index is 9.63. The number of allylic oxidation sites excluding steroid dienone is 1. The third-order valence-electron chi connectivity index (χ3n) is 4.47. The molecule has 6 nitrogen and oxygen atoms in total. The third-order valence-corrected chi connectivity index (χ3v) is 4.77. The molecule has 0 aliphatic carbocycles. The van der Waals surface area contributed by atoms with Gasteiger partial charge in [-0.1, -0.05) is 29.8 Å². The number of rotatable bonds is 1. The number of nitrogens with zero attached hydrogens (tertiary/aromatic N) is 3. The lowest BCUT2D eigenvalue weighted by atomic mass is 9.84. The molecule has 0 saturated heterocycles. The van der Waals surface area contributed by atoms with E-state index in [1.165, 1.54) is 0 Å². The Morgan fingerprint density at radius 3 is 2.92 bits per heavy atom. The van der Waals surface area contributed by atoms with E-state index in [2.05, 4.69) is 21.3 Å². The summed E-state index contributed by atoms with van der Waals surface area (Å²) in [7, 11) is 0. The minimum Gasteiger partial charge on any atom is -0.420 e. The lowest BCUT2D eigenvalue weighted by Crippen LogP contribution is -2.21. The molecule has 0 unspecified atom stereocenters. The molecule has 1 atom stereocenters. The van der Waals surface area contributed by atoms with Crippen molar-refractivity contribution in [1.29, 1.82) is 5.26 Å². The smallest absolute Gasteiger partial charge is 0.244 e. The first kappa shape index (κ1) is 15.5. The van der Waals surface area contributed by atoms with Crippen LogP contribution in [-0.2, 0) is 0 Å². The number of ether oxygens (including phenoxy) is 1. The van der Waals surface area contributed by atoms with Crippen LogP contribution in [0.15, 0.2) is 35.7 Å². The zero-order valence-corrected chi connectivity index (χ0v) is 14.3. The van der Waals surface area contributed by atoms with Crippen LogP contribution in [0.5, 0.6) is 5.88 Å². The lowest BCUT2D eigenvalue weighted by Gasteiger charge is -2.24. The number of pyridine rings is 1. The Balaban J connectivity index is 2.03. The number of hydrogen-bond donors (Lipinski definition) is 2. The molecule has 1 aliphatic heterocycles. The summed E-state index contributed by atoms with van der Waals surface area (Å²) in [4.78, 5) is 4.55. The number of nitrogens with two attached hydrogens (primary N) is 1. The Labute approximate surface area is 148 Å². The van der Waals surface area contributed by atoms with Gasteiger partial charge in [0.25, 0.3) is 0 Å². The number of aromatic nitrogens is 3. The molecule has 0 bridgehead atoms. The molecule has 3 N–H and O–H groups in total. The summed E-state index contributed by atoms with van der Waals surface area (Å²) < 4.78 is 5.48. The molecule has 0 radical (unpaired) electrons. The van der Waals surface area contributed by atoms with E-state index in [9.17, 15) is 5.26 Å². The second-order valence-electron chi connectivity index (χ2n) is 6.01. The topological polar surface area (TPSA) is 101 Å². The number of aromatic amines is 1. The second-order valence-corrected chi connectivity index (χ2v) is 6.37. The second kappa shape index (κ2) is 5.50. The van der Waals surface area contributed by atoms with Crippen LogP contribution in [0.4, 0.5) is 0 Å². The number of hydrogen-bond acceptors (Lipinski definition) is 5. The predicted octanol–water partition coefficient (Wildman–Crippen LogP) is 3.45. The summed E-state index contributed by atoms with van der Waals surface area (Å²) in [6.07, 6.45) is 0. The maximum atomic E-state index is 9.63. The van der Waals surface area contributed by atoms with Crippen LogP contribution < -0.4 is 10.5 Å². The van der Waals surface area contributed by atoms with Crippen molar-refractivity contribution in [3.05, 3.63) is 63.3 Å². The van der Waals surface area contributed by atoms with Gasteiger partial charge in [-0.05, 0) is 25.5 Å². The Morgan fingerprint density at radius 2 is 2.16 bits per heavy atom. The van der Waals surface area contributed by atoms with Gasteiger partial charge in [0.2, 0.25) is 11.8 Å². The van der Waals surface area contributed by atoms with E-state index in [1.54, 1.807) is 0 Å². The molecule has 3 aromatic rings. The number of fused-ring (bicyclic) bond motifs is 2. The third kappa shape index (κ3) is 2.24. The van der Waals surface area contributed by atoms with E-state index < -0.39 is 5.92 Å². The number of aryl methyl sites for hydroxylation is 2. The first-order valence-electron chi connectivity index (χ1n) is 7.69. The average molecular weight is 352 g/mol. The normalized spacial score (nSPS) is 16.5. The molecule has 0 spiro atoms. The van der Waals surface area contributed by atoms with Gasteiger partial charge < -0.3 is 10.5 Å². The number of nitrogens with one attached hydrogen (secondary N) is 1. The van der Waals surface area contributed by atoms with Gasteiger partial charge in [0.05, 0.1) is 11.4 Å². The largest absolute Gasteiger partial charge is 0.420 e. The molecule has 124 valence electrons. The van der Waals surface area contributed by atoms with Crippen molar-refractivity contribution in [2.75, 3.05) is 0 Å². The Bertz CT molecular complexity index is 1090. The average Bonchev–Trinajstić information content (AvgIpc) is 2.95. The minimum atomic E-state index is -0.475. The first-order valence-corrected chi connectivity index (χ1v) is 8.07. The highest BCUT2D eigenvalue weighted by Crippen LogP contribution is 2.44. The highest BCUT2D eigenvalue weighted by Gasteiger charge is 2.35. The van der Waals surface area contributed by atoms with Crippen molar-refractivity contribution in [3.63, 3.8) is 0 Å². The van der Waals surface area contributed by atoms with Crippen molar-refractivity contribution in [3.8, 4) is 11.9 Å². The number of nitriles is 1. The molecule has 1 aliphatic rings.